The fraction of sp³-hybridized carbons (Fsp3) is 0.121. The minimum absolute atomic E-state index is 0.300. The van der Waals surface area contributed by atoms with E-state index < -0.39 is 0 Å². The molecule has 1 N–H and O–H groups in total. The number of nitrogens with zero attached hydrogens (tertiary/aromatic N) is 2. The first-order chi connectivity index (χ1) is 19.6. The summed E-state index contributed by atoms with van der Waals surface area (Å²) in [4.78, 5) is 18.1. The SMILES string of the molecule is COc1ccc(OCc2cc(/C=N\NC(=O)c3cc(-c4ccccc4C)nc4ccccc34)ccc2OC)cc1. The topological polar surface area (TPSA) is 82.0 Å². The Hall–Kier alpha value is -5.17. The Morgan fingerprint density at radius 3 is 2.40 bits per heavy atom. The van der Waals surface area contributed by atoms with E-state index in [0.29, 0.717) is 23.7 Å². The number of fused-ring (bicyclic) bond motifs is 1. The third-order valence-corrected chi connectivity index (χ3v) is 6.52. The molecule has 5 aromatic rings. The number of aromatic nitrogens is 1. The maximum Gasteiger partial charge on any atom is 0.272 e. The molecule has 1 heterocycles. The Morgan fingerprint density at radius 2 is 1.62 bits per heavy atom. The van der Waals surface area contributed by atoms with Crippen LogP contribution in [-0.2, 0) is 6.61 Å². The van der Waals surface area contributed by atoms with E-state index in [1.165, 1.54) is 0 Å². The molecule has 1 aromatic heterocycles. The van der Waals surface area contributed by atoms with E-state index >= 15 is 0 Å². The second kappa shape index (κ2) is 12.1. The third-order valence-electron chi connectivity index (χ3n) is 6.52. The van der Waals surface area contributed by atoms with Crippen molar-refractivity contribution in [2.45, 2.75) is 13.5 Å². The van der Waals surface area contributed by atoms with Gasteiger partial charge in [-0.1, -0.05) is 42.5 Å². The zero-order valence-electron chi connectivity index (χ0n) is 22.5. The lowest BCUT2D eigenvalue weighted by Gasteiger charge is -2.12. The largest absolute Gasteiger partial charge is 0.497 e. The highest BCUT2D eigenvalue weighted by atomic mass is 16.5. The number of nitrogens with one attached hydrogen (secondary N) is 1. The van der Waals surface area contributed by atoms with Crippen molar-refractivity contribution in [1.82, 2.24) is 10.4 Å². The second-order valence-electron chi connectivity index (χ2n) is 9.12. The quantitative estimate of drug-likeness (QED) is 0.172. The highest BCUT2D eigenvalue weighted by Gasteiger charge is 2.14. The predicted octanol–water partition coefficient (Wildman–Crippen LogP) is 6.57. The average Bonchev–Trinajstić information content (AvgIpc) is 3.00. The Bertz CT molecular complexity index is 1680. The summed E-state index contributed by atoms with van der Waals surface area (Å²) in [5, 5.41) is 5.00. The van der Waals surface area contributed by atoms with Gasteiger partial charge in [-0.05, 0) is 72.6 Å². The molecule has 40 heavy (non-hydrogen) atoms. The Balaban J connectivity index is 1.34. The van der Waals surface area contributed by atoms with Crippen molar-refractivity contribution in [3.05, 3.63) is 119 Å². The van der Waals surface area contributed by atoms with Crippen LogP contribution in [0.2, 0.25) is 0 Å². The van der Waals surface area contributed by atoms with Gasteiger partial charge in [-0.2, -0.15) is 5.10 Å². The van der Waals surface area contributed by atoms with Crippen molar-refractivity contribution in [2.24, 2.45) is 5.10 Å². The van der Waals surface area contributed by atoms with Crippen LogP contribution in [0, 0.1) is 6.92 Å². The molecule has 7 heteroatoms. The number of hydrogen-bond donors (Lipinski definition) is 1. The van der Waals surface area contributed by atoms with Crippen molar-refractivity contribution >= 4 is 23.0 Å². The molecule has 1 amide bonds. The molecule has 0 radical (unpaired) electrons. The molecule has 0 saturated carbocycles. The maximum atomic E-state index is 13.3. The van der Waals surface area contributed by atoms with Crippen LogP contribution in [0.5, 0.6) is 17.2 Å². The number of amides is 1. The number of para-hydroxylation sites is 1. The maximum absolute atomic E-state index is 13.3. The molecule has 0 saturated heterocycles. The lowest BCUT2D eigenvalue weighted by Crippen LogP contribution is -2.18. The summed E-state index contributed by atoms with van der Waals surface area (Å²) < 4.78 is 16.6. The second-order valence-corrected chi connectivity index (χ2v) is 9.12. The van der Waals surface area contributed by atoms with Crippen LogP contribution in [0.25, 0.3) is 22.2 Å². The molecule has 0 aliphatic carbocycles. The van der Waals surface area contributed by atoms with Gasteiger partial charge in [-0.25, -0.2) is 10.4 Å². The molecule has 200 valence electrons. The van der Waals surface area contributed by atoms with Gasteiger partial charge in [0.1, 0.15) is 23.9 Å². The first-order valence-corrected chi connectivity index (χ1v) is 12.8. The number of carbonyl (C=O) groups excluding carboxylic acids is 1. The Labute approximate surface area is 233 Å². The summed E-state index contributed by atoms with van der Waals surface area (Å²) >= 11 is 0. The minimum atomic E-state index is -0.318. The van der Waals surface area contributed by atoms with Crippen LogP contribution in [-0.4, -0.2) is 31.3 Å². The normalized spacial score (nSPS) is 11.0. The average molecular weight is 532 g/mol. The molecule has 0 aliphatic heterocycles. The summed E-state index contributed by atoms with van der Waals surface area (Å²) in [5.74, 6) is 1.85. The number of benzene rings is 4. The van der Waals surface area contributed by atoms with E-state index in [-0.39, 0.29) is 5.91 Å². The summed E-state index contributed by atoms with van der Waals surface area (Å²) in [6.07, 6.45) is 1.60. The van der Waals surface area contributed by atoms with Gasteiger partial charge in [-0.15, -0.1) is 0 Å². The van der Waals surface area contributed by atoms with E-state index in [4.69, 9.17) is 19.2 Å². The smallest absolute Gasteiger partial charge is 0.272 e. The standard InChI is InChI=1S/C33H29N3O4/c1-22-8-4-5-9-27(22)31-19-29(28-10-6-7-11-30(28)35-31)33(37)36-34-20-23-12-17-32(39-3)24(18-23)21-40-26-15-13-25(38-2)14-16-26/h4-20H,21H2,1-3H3,(H,36,37)/b34-20-. The zero-order chi connectivity index (χ0) is 27.9. The fourth-order valence-corrected chi connectivity index (χ4v) is 4.41. The van der Waals surface area contributed by atoms with Gasteiger partial charge >= 0.3 is 0 Å². The van der Waals surface area contributed by atoms with Crippen LogP contribution in [0.4, 0.5) is 0 Å². The van der Waals surface area contributed by atoms with Gasteiger partial charge in [0.25, 0.3) is 5.91 Å². The molecular formula is C33H29N3O4. The lowest BCUT2D eigenvalue weighted by molar-refractivity contribution is 0.0956. The monoisotopic (exact) mass is 531 g/mol. The summed E-state index contributed by atoms with van der Waals surface area (Å²) in [6, 6.07) is 30.4. The highest BCUT2D eigenvalue weighted by Crippen LogP contribution is 2.27. The molecule has 4 aromatic carbocycles. The summed E-state index contributed by atoms with van der Waals surface area (Å²) in [7, 11) is 3.24. The summed E-state index contributed by atoms with van der Waals surface area (Å²) in [6.45, 7) is 2.33. The highest BCUT2D eigenvalue weighted by molar-refractivity contribution is 6.07. The van der Waals surface area contributed by atoms with Gasteiger partial charge in [0.2, 0.25) is 0 Å². The van der Waals surface area contributed by atoms with Crippen molar-refractivity contribution in [2.75, 3.05) is 14.2 Å². The molecular weight excluding hydrogens is 502 g/mol. The van der Waals surface area contributed by atoms with Crippen molar-refractivity contribution in [1.29, 1.82) is 0 Å². The van der Waals surface area contributed by atoms with Crippen molar-refractivity contribution < 1.29 is 19.0 Å². The van der Waals surface area contributed by atoms with E-state index in [1.807, 2.05) is 104 Å². The molecule has 0 bridgehead atoms. The van der Waals surface area contributed by atoms with E-state index in [1.54, 1.807) is 20.4 Å². The van der Waals surface area contributed by atoms with Crippen LogP contribution in [0.1, 0.15) is 27.0 Å². The lowest BCUT2D eigenvalue weighted by atomic mass is 10.0. The molecule has 0 atom stereocenters. The van der Waals surface area contributed by atoms with Gasteiger partial charge < -0.3 is 14.2 Å². The van der Waals surface area contributed by atoms with Crippen LogP contribution in [0.3, 0.4) is 0 Å². The first kappa shape index (κ1) is 26.4. The number of hydrazone groups is 1. The molecule has 0 fully saturated rings. The van der Waals surface area contributed by atoms with Crippen LogP contribution >= 0.6 is 0 Å². The minimum Gasteiger partial charge on any atom is -0.497 e. The molecule has 0 aliphatic rings. The van der Waals surface area contributed by atoms with E-state index in [0.717, 1.165) is 44.6 Å². The van der Waals surface area contributed by atoms with Crippen LogP contribution < -0.4 is 19.6 Å². The van der Waals surface area contributed by atoms with Crippen LogP contribution in [0.15, 0.2) is 102 Å². The molecule has 0 spiro atoms. The van der Waals surface area contributed by atoms with E-state index in [9.17, 15) is 4.79 Å². The number of aryl methyl sites for hydroxylation is 1. The summed E-state index contributed by atoms with van der Waals surface area (Å²) in [5.41, 5.74) is 8.36. The van der Waals surface area contributed by atoms with Gasteiger partial charge in [0.05, 0.1) is 37.2 Å². The van der Waals surface area contributed by atoms with Gasteiger partial charge in [-0.3, -0.25) is 4.79 Å². The van der Waals surface area contributed by atoms with Crippen molar-refractivity contribution in [3.63, 3.8) is 0 Å². The number of hydrogen-bond acceptors (Lipinski definition) is 6. The first-order valence-electron chi connectivity index (χ1n) is 12.8. The molecule has 0 unspecified atom stereocenters. The number of rotatable bonds is 9. The zero-order valence-corrected chi connectivity index (χ0v) is 22.5. The number of ether oxygens (including phenoxy) is 3. The predicted molar refractivity (Wildman–Crippen MR) is 157 cm³/mol. The molecule has 5 rings (SSSR count). The molecule has 7 nitrogen and oxygen atoms in total. The Kier molecular flexibility index (Phi) is 8.02. The van der Waals surface area contributed by atoms with Gasteiger partial charge in [0, 0.05) is 16.5 Å². The number of pyridine rings is 1. The Morgan fingerprint density at radius 1 is 0.875 bits per heavy atom. The van der Waals surface area contributed by atoms with E-state index in [2.05, 4.69) is 10.5 Å². The van der Waals surface area contributed by atoms with Crippen molar-refractivity contribution in [3.8, 4) is 28.5 Å². The van der Waals surface area contributed by atoms with Gasteiger partial charge in [0.15, 0.2) is 0 Å². The third kappa shape index (κ3) is 5.94. The number of carbonyl (C=O) groups is 1. The number of methoxy groups -OCH3 is 2. The fourth-order valence-electron chi connectivity index (χ4n) is 4.41.